The van der Waals surface area contributed by atoms with Crippen LogP contribution >= 0.6 is 58.5 Å². The van der Waals surface area contributed by atoms with Crippen molar-refractivity contribution in [3.05, 3.63) is 58.1 Å². The third kappa shape index (κ3) is 6.59. The lowest BCUT2D eigenvalue weighted by Gasteiger charge is -2.26. The molecule has 4 rings (SSSR count). The number of thioether (sulfide) groups is 1. The van der Waals surface area contributed by atoms with E-state index in [0.717, 1.165) is 57.0 Å². The molecule has 1 aromatic heterocycles. The number of anilines is 1. The van der Waals surface area contributed by atoms with Gasteiger partial charge in [0, 0.05) is 52.7 Å². The van der Waals surface area contributed by atoms with Crippen LogP contribution in [0.15, 0.2) is 47.5 Å². The lowest BCUT2D eigenvalue weighted by atomic mass is 10.1. The van der Waals surface area contributed by atoms with E-state index in [1.165, 1.54) is 0 Å². The van der Waals surface area contributed by atoms with E-state index in [0.29, 0.717) is 23.0 Å². The van der Waals surface area contributed by atoms with Crippen LogP contribution in [0.2, 0.25) is 10.0 Å². The molecule has 0 aliphatic carbocycles. The number of hydrogen-bond acceptors (Lipinski definition) is 7. The molecule has 1 saturated heterocycles. The molecule has 1 aliphatic rings. The minimum absolute atomic E-state index is 0.574. The van der Waals surface area contributed by atoms with Crippen molar-refractivity contribution in [2.45, 2.75) is 6.42 Å². The third-order valence-electron chi connectivity index (χ3n) is 4.87. The Bertz CT molecular complexity index is 1220. The van der Waals surface area contributed by atoms with Gasteiger partial charge in [-0.2, -0.15) is 11.8 Å². The van der Waals surface area contributed by atoms with Crippen molar-refractivity contribution in [1.29, 1.82) is 0 Å². The normalized spacial score (nSPS) is 13.6. The molecule has 2 aromatic carbocycles. The zero-order chi connectivity index (χ0) is 23.0. The monoisotopic (exact) mass is 530 g/mol. The Morgan fingerprint density at radius 2 is 1.91 bits per heavy atom. The number of thiazole rings is 1. The molecular formula is C24H20Cl2N4S3. The van der Waals surface area contributed by atoms with E-state index >= 15 is 0 Å². The van der Waals surface area contributed by atoms with Crippen LogP contribution in [0.1, 0.15) is 12.0 Å². The number of rotatable bonds is 6. The first-order valence-corrected chi connectivity index (χ1v) is 13.5. The van der Waals surface area contributed by atoms with E-state index in [1.54, 1.807) is 17.4 Å². The standard InChI is InChI=1S/C24H20Cl2N4S3/c25-19-8-9-20(21(26)15-19)23-22(28-24(33-23)29-30-11-13-32-14-12-30)18-6-4-17(5-7-18)3-1-2-10-27-16-31/h4-9,15H,2,10-14H2,(H,28,29). The molecule has 0 bridgehead atoms. The number of nitrogens with one attached hydrogen (secondary N) is 1. The molecule has 0 radical (unpaired) electrons. The fraction of sp³-hybridized carbons (Fsp3) is 0.250. The average Bonchev–Trinajstić information content (AvgIpc) is 3.23. The highest BCUT2D eigenvalue weighted by Gasteiger charge is 2.19. The van der Waals surface area contributed by atoms with E-state index < -0.39 is 0 Å². The minimum atomic E-state index is 0.574. The SMILES string of the molecule is S=C=NCCC#Cc1ccc(-c2nc(NN3CCSCC3)sc2-c2ccc(Cl)cc2Cl)cc1. The van der Waals surface area contributed by atoms with Crippen molar-refractivity contribution in [2.24, 2.45) is 4.99 Å². The second kappa shape index (κ2) is 12.0. The Morgan fingerprint density at radius 1 is 1.12 bits per heavy atom. The second-order valence-electron chi connectivity index (χ2n) is 7.13. The summed E-state index contributed by atoms with van der Waals surface area (Å²) in [5.74, 6) is 8.49. The van der Waals surface area contributed by atoms with Crippen LogP contribution in [0.5, 0.6) is 0 Å². The molecule has 1 N–H and O–H groups in total. The van der Waals surface area contributed by atoms with Crippen LogP contribution in [0, 0.1) is 11.8 Å². The van der Waals surface area contributed by atoms with Crippen molar-refractivity contribution in [1.82, 2.24) is 9.99 Å². The first kappa shape index (κ1) is 24.3. The maximum Gasteiger partial charge on any atom is 0.198 e. The number of hydrogen-bond donors (Lipinski definition) is 1. The van der Waals surface area contributed by atoms with Gasteiger partial charge in [0.05, 0.1) is 27.3 Å². The smallest absolute Gasteiger partial charge is 0.198 e. The fourth-order valence-electron chi connectivity index (χ4n) is 3.26. The molecule has 0 spiro atoms. The Kier molecular flexibility index (Phi) is 8.82. The molecule has 0 amide bonds. The number of aromatic nitrogens is 1. The van der Waals surface area contributed by atoms with Crippen LogP contribution < -0.4 is 5.43 Å². The molecule has 1 aliphatic heterocycles. The highest BCUT2D eigenvalue weighted by molar-refractivity contribution is 7.99. The molecule has 33 heavy (non-hydrogen) atoms. The van der Waals surface area contributed by atoms with E-state index in [1.807, 2.05) is 48.2 Å². The van der Waals surface area contributed by atoms with E-state index in [-0.39, 0.29) is 0 Å². The van der Waals surface area contributed by atoms with Crippen molar-refractivity contribution in [2.75, 3.05) is 36.6 Å². The molecule has 0 atom stereocenters. The molecule has 0 saturated carbocycles. The molecule has 4 nitrogen and oxygen atoms in total. The number of halogens is 2. The topological polar surface area (TPSA) is 40.5 Å². The van der Waals surface area contributed by atoms with Gasteiger partial charge < -0.3 is 0 Å². The van der Waals surface area contributed by atoms with Crippen LogP contribution in [-0.4, -0.2) is 46.3 Å². The van der Waals surface area contributed by atoms with Gasteiger partial charge >= 0.3 is 0 Å². The lowest BCUT2D eigenvalue weighted by Crippen LogP contribution is -2.37. The summed E-state index contributed by atoms with van der Waals surface area (Å²) in [4.78, 5) is 9.82. The number of thiocarbonyl (C=S) groups is 1. The van der Waals surface area contributed by atoms with Crippen molar-refractivity contribution < 1.29 is 0 Å². The quantitative estimate of drug-likeness (QED) is 0.161. The van der Waals surface area contributed by atoms with Crippen LogP contribution in [0.4, 0.5) is 5.13 Å². The largest absolute Gasteiger partial charge is 0.294 e. The summed E-state index contributed by atoms with van der Waals surface area (Å²) < 4.78 is 0. The van der Waals surface area contributed by atoms with Gasteiger partial charge in [0.15, 0.2) is 5.13 Å². The summed E-state index contributed by atoms with van der Waals surface area (Å²) >= 11 is 20.8. The number of aliphatic imine (C=N–C) groups is 1. The van der Waals surface area contributed by atoms with Crippen LogP contribution in [-0.2, 0) is 0 Å². The molecule has 0 unspecified atom stereocenters. The second-order valence-corrected chi connectivity index (χ2v) is 10.4. The van der Waals surface area contributed by atoms with Gasteiger partial charge in [-0.25, -0.2) is 15.0 Å². The van der Waals surface area contributed by atoms with E-state index in [9.17, 15) is 0 Å². The Hall–Kier alpha value is -1.88. The van der Waals surface area contributed by atoms with Gasteiger partial charge in [0.1, 0.15) is 0 Å². The predicted octanol–water partition coefficient (Wildman–Crippen LogP) is 7.00. The van der Waals surface area contributed by atoms with E-state index in [2.05, 4.69) is 44.6 Å². The zero-order valence-electron chi connectivity index (χ0n) is 17.6. The lowest BCUT2D eigenvalue weighted by molar-refractivity contribution is 0.365. The highest BCUT2D eigenvalue weighted by atomic mass is 35.5. The molecule has 1 fully saturated rings. The summed E-state index contributed by atoms with van der Waals surface area (Å²) in [5, 5.41) is 6.64. The third-order valence-corrected chi connectivity index (χ3v) is 7.48. The summed E-state index contributed by atoms with van der Waals surface area (Å²) in [6.07, 6.45) is 0.653. The van der Waals surface area contributed by atoms with E-state index in [4.69, 9.17) is 28.2 Å². The van der Waals surface area contributed by atoms with Gasteiger partial charge in [-0.1, -0.05) is 64.6 Å². The van der Waals surface area contributed by atoms with Gasteiger partial charge in [-0.05, 0) is 36.5 Å². The molecular weight excluding hydrogens is 511 g/mol. The summed E-state index contributed by atoms with van der Waals surface area (Å²) in [5.41, 5.74) is 7.23. The molecule has 3 aromatic rings. The number of hydrazine groups is 1. The maximum atomic E-state index is 6.57. The Labute approximate surface area is 217 Å². The van der Waals surface area contributed by atoms with Crippen molar-refractivity contribution >= 4 is 68.8 Å². The van der Waals surface area contributed by atoms with Gasteiger partial charge in [0.2, 0.25) is 0 Å². The summed E-state index contributed by atoms with van der Waals surface area (Å²) in [7, 11) is 0. The first-order valence-electron chi connectivity index (χ1n) is 10.3. The van der Waals surface area contributed by atoms with Crippen LogP contribution in [0.3, 0.4) is 0 Å². The van der Waals surface area contributed by atoms with Gasteiger partial charge in [0.25, 0.3) is 0 Å². The summed E-state index contributed by atoms with van der Waals surface area (Å²) in [6.45, 7) is 2.55. The molecule has 2 heterocycles. The zero-order valence-corrected chi connectivity index (χ0v) is 21.6. The van der Waals surface area contributed by atoms with Crippen molar-refractivity contribution in [3.63, 3.8) is 0 Å². The molecule has 9 heteroatoms. The molecule has 168 valence electrons. The maximum absolute atomic E-state index is 6.57. The number of benzene rings is 2. The highest BCUT2D eigenvalue weighted by Crippen LogP contribution is 2.42. The van der Waals surface area contributed by atoms with Gasteiger partial charge in [-0.3, -0.25) is 5.43 Å². The predicted molar refractivity (Wildman–Crippen MR) is 147 cm³/mol. The fourth-order valence-corrected chi connectivity index (χ4v) is 5.87. The number of isothiocyanates is 1. The van der Waals surface area contributed by atoms with Gasteiger partial charge in [-0.15, -0.1) is 0 Å². The van der Waals surface area contributed by atoms with Crippen molar-refractivity contribution in [3.8, 4) is 33.5 Å². The average molecular weight is 532 g/mol. The van der Waals surface area contributed by atoms with Crippen LogP contribution in [0.25, 0.3) is 21.7 Å². The number of nitrogens with zero attached hydrogens (tertiary/aromatic N) is 3. The minimum Gasteiger partial charge on any atom is -0.294 e. The first-order chi connectivity index (χ1) is 16.1. The Balaban J connectivity index is 1.64. The Morgan fingerprint density at radius 3 is 2.64 bits per heavy atom. The summed E-state index contributed by atoms with van der Waals surface area (Å²) in [6, 6.07) is 13.7.